The van der Waals surface area contributed by atoms with Gasteiger partial charge < -0.3 is 9.84 Å². The van der Waals surface area contributed by atoms with E-state index in [-0.39, 0.29) is 6.10 Å². The number of hydrogen-bond acceptors (Lipinski definition) is 2. The predicted molar refractivity (Wildman–Crippen MR) is 44.5 cm³/mol. The maximum atomic E-state index is 9.30. The van der Waals surface area contributed by atoms with E-state index in [1.54, 1.807) is 0 Å². The van der Waals surface area contributed by atoms with Crippen molar-refractivity contribution in [3.05, 3.63) is 0 Å². The number of aliphatic hydroxyl groups is 1. The number of rotatable bonds is 3. The van der Waals surface area contributed by atoms with Crippen molar-refractivity contribution in [2.75, 3.05) is 6.61 Å². The van der Waals surface area contributed by atoms with E-state index in [0.717, 1.165) is 38.7 Å². The summed E-state index contributed by atoms with van der Waals surface area (Å²) < 4.78 is 5.54. The Hall–Kier alpha value is -0.0800. The zero-order chi connectivity index (χ0) is 8.10. The molecule has 0 aromatic carbocycles. The monoisotopic (exact) mass is 158 g/mol. The van der Waals surface area contributed by atoms with Gasteiger partial charge in [0.1, 0.15) is 0 Å². The first-order valence-electron chi connectivity index (χ1n) is 4.62. The van der Waals surface area contributed by atoms with Gasteiger partial charge in [-0.3, -0.25) is 0 Å². The summed E-state index contributed by atoms with van der Waals surface area (Å²) in [6.07, 6.45) is 5.37. The number of ether oxygens (including phenoxy) is 1. The van der Waals surface area contributed by atoms with Gasteiger partial charge >= 0.3 is 0 Å². The van der Waals surface area contributed by atoms with Crippen molar-refractivity contribution in [1.82, 2.24) is 0 Å². The Morgan fingerprint density at radius 3 is 2.91 bits per heavy atom. The molecule has 2 nitrogen and oxygen atoms in total. The zero-order valence-electron chi connectivity index (χ0n) is 7.25. The van der Waals surface area contributed by atoms with Crippen molar-refractivity contribution in [3.8, 4) is 0 Å². The summed E-state index contributed by atoms with van der Waals surface area (Å²) in [6.45, 7) is 2.96. The minimum Gasteiger partial charge on any atom is -0.393 e. The molecular formula is C9H18O2. The van der Waals surface area contributed by atoms with Gasteiger partial charge in [0.25, 0.3) is 0 Å². The lowest BCUT2D eigenvalue weighted by atomic mass is 9.95. The molecule has 1 N–H and O–H groups in total. The lowest BCUT2D eigenvalue weighted by molar-refractivity contribution is -0.0141. The molecule has 2 atom stereocenters. The summed E-state index contributed by atoms with van der Waals surface area (Å²) in [5.41, 5.74) is 0. The van der Waals surface area contributed by atoms with Gasteiger partial charge in [-0.15, -0.1) is 0 Å². The maximum absolute atomic E-state index is 9.30. The van der Waals surface area contributed by atoms with Crippen molar-refractivity contribution in [2.45, 2.75) is 51.2 Å². The van der Waals surface area contributed by atoms with Crippen LogP contribution in [0.25, 0.3) is 0 Å². The minimum atomic E-state index is -0.106. The van der Waals surface area contributed by atoms with Crippen molar-refractivity contribution < 1.29 is 9.84 Å². The van der Waals surface area contributed by atoms with Crippen LogP contribution in [-0.2, 0) is 4.74 Å². The first-order valence-corrected chi connectivity index (χ1v) is 4.62. The lowest BCUT2D eigenvalue weighted by Crippen LogP contribution is -2.26. The highest BCUT2D eigenvalue weighted by atomic mass is 16.5. The summed E-state index contributed by atoms with van der Waals surface area (Å²) in [4.78, 5) is 0. The largest absolute Gasteiger partial charge is 0.393 e. The van der Waals surface area contributed by atoms with Crippen LogP contribution in [-0.4, -0.2) is 23.9 Å². The molecule has 0 aliphatic heterocycles. The van der Waals surface area contributed by atoms with E-state index in [2.05, 4.69) is 6.92 Å². The molecule has 0 aromatic heterocycles. The molecule has 1 saturated carbocycles. The van der Waals surface area contributed by atoms with E-state index in [0.29, 0.717) is 6.10 Å². The Bertz CT molecular complexity index is 104. The Labute approximate surface area is 68.6 Å². The highest BCUT2D eigenvalue weighted by molar-refractivity contribution is 4.71. The molecule has 1 rings (SSSR count). The molecule has 0 radical (unpaired) electrons. The second-order valence-corrected chi connectivity index (χ2v) is 3.31. The maximum Gasteiger partial charge on any atom is 0.0599 e. The number of aliphatic hydroxyl groups excluding tert-OH is 1. The predicted octanol–water partition coefficient (Wildman–Crippen LogP) is 1.72. The van der Waals surface area contributed by atoms with Gasteiger partial charge in [-0.25, -0.2) is 0 Å². The fourth-order valence-corrected chi connectivity index (χ4v) is 1.56. The van der Waals surface area contributed by atoms with E-state index in [9.17, 15) is 5.11 Å². The Morgan fingerprint density at radius 1 is 1.45 bits per heavy atom. The molecule has 0 aromatic rings. The minimum absolute atomic E-state index is 0.106. The Morgan fingerprint density at radius 2 is 2.27 bits per heavy atom. The molecule has 0 bridgehead atoms. The van der Waals surface area contributed by atoms with Crippen LogP contribution in [0, 0.1) is 0 Å². The van der Waals surface area contributed by atoms with Gasteiger partial charge in [0, 0.05) is 6.61 Å². The molecule has 0 heterocycles. The fourth-order valence-electron chi connectivity index (χ4n) is 1.56. The van der Waals surface area contributed by atoms with Gasteiger partial charge in [0.05, 0.1) is 12.2 Å². The molecular weight excluding hydrogens is 140 g/mol. The second kappa shape index (κ2) is 4.73. The Balaban J connectivity index is 2.12. The van der Waals surface area contributed by atoms with Crippen LogP contribution in [0.1, 0.15) is 39.0 Å². The molecule has 1 fully saturated rings. The van der Waals surface area contributed by atoms with E-state index >= 15 is 0 Å². The molecule has 66 valence electrons. The molecule has 0 amide bonds. The zero-order valence-corrected chi connectivity index (χ0v) is 7.25. The summed E-state index contributed by atoms with van der Waals surface area (Å²) in [5.74, 6) is 0. The molecule has 0 saturated heterocycles. The molecule has 2 heteroatoms. The Kier molecular flexibility index (Phi) is 3.87. The van der Waals surface area contributed by atoms with Gasteiger partial charge in [-0.05, 0) is 32.1 Å². The first-order chi connectivity index (χ1) is 5.33. The average molecular weight is 158 g/mol. The highest BCUT2D eigenvalue weighted by Gasteiger charge is 2.19. The van der Waals surface area contributed by atoms with E-state index in [4.69, 9.17) is 4.74 Å². The third-order valence-electron chi connectivity index (χ3n) is 2.16. The van der Waals surface area contributed by atoms with Gasteiger partial charge in [0.2, 0.25) is 0 Å². The number of hydrogen-bond donors (Lipinski definition) is 1. The highest BCUT2D eigenvalue weighted by Crippen LogP contribution is 2.20. The molecule has 0 spiro atoms. The van der Waals surface area contributed by atoms with Gasteiger partial charge in [0.15, 0.2) is 0 Å². The molecule has 2 unspecified atom stereocenters. The van der Waals surface area contributed by atoms with Crippen LogP contribution < -0.4 is 0 Å². The van der Waals surface area contributed by atoms with E-state index < -0.39 is 0 Å². The van der Waals surface area contributed by atoms with Gasteiger partial charge in [-0.1, -0.05) is 6.92 Å². The van der Waals surface area contributed by atoms with E-state index in [1.807, 2.05) is 0 Å². The first kappa shape index (κ1) is 9.01. The standard InChI is InChI=1S/C9H18O2/c1-2-6-11-9-5-3-4-8(10)7-9/h8-10H,2-7H2,1H3. The average Bonchev–Trinajstić information content (AvgIpc) is 2.01. The van der Waals surface area contributed by atoms with Crippen LogP contribution in [0.3, 0.4) is 0 Å². The van der Waals surface area contributed by atoms with Crippen molar-refractivity contribution in [2.24, 2.45) is 0 Å². The smallest absolute Gasteiger partial charge is 0.0599 e. The third kappa shape index (κ3) is 3.21. The SMILES string of the molecule is CCCOC1CCCC(O)C1. The fraction of sp³-hybridized carbons (Fsp3) is 1.00. The van der Waals surface area contributed by atoms with Crippen LogP contribution in [0.2, 0.25) is 0 Å². The van der Waals surface area contributed by atoms with Crippen molar-refractivity contribution in [1.29, 1.82) is 0 Å². The molecule has 11 heavy (non-hydrogen) atoms. The summed E-state index contributed by atoms with van der Waals surface area (Å²) >= 11 is 0. The van der Waals surface area contributed by atoms with E-state index in [1.165, 1.54) is 0 Å². The summed E-state index contributed by atoms with van der Waals surface area (Å²) in [6, 6.07) is 0. The summed E-state index contributed by atoms with van der Waals surface area (Å²) in [5, 5.41) is 9.30. The van der Waals surface area contributed by atoms with Crippen LogP contribution in [0.5, 0.6) is 0 Å². The lowest BCUT2D eigenvalue weighted by Gasteiger charge is -2.25. The normalized spacial score (nSPS) is 32.2. The quantitative estimate of drug-likeness (QED) is 0.677. The molecule has 1 aliphatic rings. The summed E-state index contributed by atoms with van der Waals surface area (Å²) in [7, 11) is 0. The van der Waals surface area contributed by atoms with Crippen LogP contribution in [0.4, 0.5) is 0 Å². The van der Waals surface area contributed by atoms with Gasteiger partial charge in [-0.2, -0.15) is 0 Å². The third-order valence-corrected chi connectivity index (χ3v) is 2.16. The second-order valence-electron chi connectivity index (χ2n) is 3.31. The van der Waals surface area contributed by atoms with Crippen LogP contribution >= 0.6 is 0 Å². The molecule has 1 aliphatic carbocycles. The van der Waals surface area contributed by atoms with Crippen molar-refractivity contribution in [3.63, 3.8) is 0 Å². The van der Waals surface area contributed by atoms with Crippen LogP contribution in [0.15, 0.2) is 0 Å². The van der Waals surface area contributed by atoms with Crippen molar-refractivity contribution >= 4 is 0 Å². The topological polar surface area (TPSA) is 29.5 Å².